The van der Waals surface area contributed by atoms with E-state index in [-0.39, 0.29) is 17.1 Å². The minimum atomic E-state index is -0.116. The molecule has 0 unspecified atom stereocenters. The average molecular weight is 231 g/mol. The van der Waals surface area contributed by atoms with Crippen LogP contribution in [-0.4, -0.2) is 16.7 Å². The summed E-state index contributed by atoms with van der Waals surface area (Å²) in [5.41, 5.74) is 8.05. The van der Waals surface area contributed by atoms with Gasteiger partial charge < -0.3 is 10.8 Å². The van der Waals surface area contributed by atoms with Gasteiger partial charge in [0.25, 0.3) is 0 Å². The van der Waals surface area contributed by atoms with Gasteiger partial charge in [0.15, 0.2) is 0 Å². The molecule has 0 saturated heterocycles. The van der Waals surface area contributed by atoms with Crippen LogP contribution in [0.3, 0.4) is 0 Å². The Kier molecular flexibility index (Phi) is 2.53. The van der Waals surface area contributed by atoms with Gasteiger partial charge in [-0.15, -0.1) is 0 Å². The minimum absolute atomic E-state index is 0.00546. The van der Waals surface area contributed by atoms with Gasteiger partial charge in [0.2, 0.25) is 0 Å². The molecule has 1 aromatic carbocycles. The number of hydrogen-bond donors (Lipinski definition) is 2. The van der Waals surface area contributed by atoms with Gasteiger partial charge in [-0.1, -0.05) is 30.3 Å². The summed E-state index contributed by atoms with van der Waals surface area (Å²) in [7, 11) is 0. The van der Waals surface area contributed by atoms with Crippen LogP contribution < -0.4 is 5.73 Å². The van der Waals surface area contributed by atoms with Gasteiger partial charge in [-0.05, 0) is 44.1 Å². The van der Waals surface area contributed by atoms with Crippen LogP contribution in [-0.2, 0) is 5.41 Å². The summed E-state index contributed by atoms with van der Waals surface area (Å²) in [6.45, 7) is 0. The van der Waals surface area contributed by atoms with E-state index < -0.39 is 0 Å². The van der Waals surface area contributed by atoms with E-state index in [1.54, 1.807) is 0 Å². The molecule has 3 N–H and O–H groups in total. The fraction of sp³-hybridized carbons (Fsp3) is 0.600. The third-order valence-electron chi connectivity index (χ3n) is 4.88. The lowest BCUT2D eigenvalue weighted by Crippen LogP contribution is -2.50. The third kappa shape index (κ3) is 1.71. The summed E-state index contributed by atoms with van der Waals surface area (Å²) >= 11 is 0. The molecule has 17 heavy (non-hydrogen) atoms. The first kappa shape index (κ1) is 11.2. The SMILES string of the molecule is NC1([C@]2(c3ccccc3)CC[C@H](O)CC2)CC1. The molecule has 0 aliphatic heterocycles. The summed E-state index contributed by atoms with van der Waals surface area (Å²) in [5.74, 6) is 0. The number of rotatable bonds is 2. The smallest absolute Gasteiger partial charge is 0.0541 e. The molecule has 0 spiro atoms. The van der Waals surface area contributed by atoms with Crippen molar-refractivity contribution >= 4 is 0 Å². The molecule has 92 valence electrons. The van der Waals surface area contributed by atoms with Gasteiger partial charge in [-0.3, -0.25) is 0 Å². The lowest BCUT2D eigenvalue weighted by Gasteiger charge is -2.44. The zero-order valence-corrected chi connectivity index (χ0v) is 10.2. The van der Waals surface area contributed by atoms with Gasteiger partial charge in [0.1, 0.15) is 0 Å². The second-order valence-corrected chi connectivity index (χ2v) is 5.84. The van der Waals surface area contributed by atoms with Crippen LogP contribution in [0, 0.1) is 0 Å². The Morgan fingerprint density at radius 2 is 1.59 bits per heavy atom. The lowest BCUT2D eigenvalue weighted by molar-refractivity contribution is 0.0816. The number of aliphatic hydroxyl groups excluding tert-OH is 1. The summed E-state index contributed by atoms with van der Waals surface area (Å²) in [4.78, 5) is 0. The molecule has 2 saturated carbocycles. The first-order valence-corrected chi connectivity index (χ1v) is 6.69. The molecule has 1 aromatic rings. The number of nitrogens with two attached hydrogens (primary N) is 1. The van der Waals surface area contributed by atoms with Crippen LogP contribution in [0.5, 0.6) is 0 Å². The predicted molar refractivity (Wildman–Crippen MR) is 68.7 cm³/mol. The number of hydrogen-bond acceptors (Lipinski definition) is 2. The maximum atomic E-state index is 9.73. The number of benzene rings is 1. The van der Waals surface area contributed by atoms with E-state index in [4.69, 9.17) is 5.73 Å². The van der Waals surface area contributed by atoms with Gasteiger partial charge in [-0.25, -0.2) is 0 Å². The first-order valence-electron chi connectivity index (χ1n) is 6.69. The molecule has 0 radical (unpaired) electrons. The zero-order valence-electron chi connectivity index (χ0n) is 10.2. The molecule has 2 heteroatoms. The summed E-state index contributed by atoms with van der Waals surface area (Å²) in [5, 5.41) is 9.73. The molecule has 3 rings (SSSR count). The fourth-order valence-electron chi connectivity index (χ4n) is 3.54. The van der Waals surface area contributed by atoms with E-state index in [9.17, 15) is 5.11 Å². The maximum absolute atomic E-state index is 9.73. The Morgan fingerprint density at radius 3 is 2.12 bits per heavy atom. The van der Waals surface area contributed by atoms with Crippen LogP contribution >= 0.6 is 0 Å². The molecule has 0 atom stereocenters. The average Bonchev–Trinajstić information content (AvgIpc) is 3.11. The van der Waals surface area contributed by atoms with Crippen LogP contribution in [0.4, 0.5) is 0 Å². The Bertz CT molecular complexity index is 389. The van der Waals surface area contributed by atoms with Crippen LogP contribution in [0.2, 0.25) is 0 Å². The van der Waals surface area contributed by atoms with E-state index >= 15 is 0 Å². The quantitative estimate of drug-likeness (QED) is 0.820. The largest absolute Gasteiger partial charge is 0.393 e. The highest BCUT2D eigenvalue weighted by Gasteiger charge is 2.57. The Morgan fingerprint density at radius 1 is 1.00 bits per heavy atom. The predicted octanol–water partition coefficient (Wildman–Crippen LogP) is 2.35. The van der Waals surface area contributed by atoms with E-state index in [0.29, 0.717) is 0 Å². The van der Waals surface area contributed by atoms with Crippen molar-refractivity contribution in [3.63, 3.8) is 0 Å². The van der Waals surface area contributed by atoms with E-state index in [2.05, 4.69) is 30.3 Å². The summed E-state index contributed by atoms with van der Waals surface area (Å²) in [6.07, 6.45) is 6.02. The van der Waals surface area contributed by atoms with Crippen molar-refractivity contribution in [3.8, 4) is 0 Å². The molecule has 0 bridgehead atoms. The topological polar surface area (TPSA) is 46.2 Å². The van der Waals surface area contributed by atoms with Gasteiger partial charge in [0.05, 0.1) is 6.10 Å². The highest BCUT2D eigenvalue weighted by Crippen LogP contribution is 2.56. The van der Waals surface area contributed by atoms with Crippen LogP contribution in [0.1, 0.15) is 44.1 Å². The van der Waals surface area contributed by atoms with Crippen molar-refractivity contribution in [2.45, 2.75) is 55.6 Å². The normalized spacial score (nSPS) is 35.5. The molecular weight excluding hydrogens is 210 g/mol. The highest BCUT2D eigenvalue weighted by molar-refractivity contribution is 5.35. The molecule has 0 heterocycles. The second-order valence-electron chi connectivity index (χ2n) is 5.84. The van der Waals surface area contributed by atoms with Gasteiger partial charge >= 0.3 is 0 Å². The monoisotopic (exact) mass is 231 g/mol. The van der Waals surface area contributed by atoms with Crippen LogP contribution in [0.15, 0.2) is 30.3 Å². The van der Waals surface area contributed by atoms with Crippen molar-refractivity contribution in [1.82, 2.24) is 0 Å². The molecule has 0 amide bonds. The van der Waals surface area contributed by atoms with Crippen molar-refractivity contribution in [1.29, 1.82) is 0 Å². The van der Waals surface area contributed by atoms with Gasteiger partial charge in [0, 0.05) is 11.0 Å². The molecule has 2 aliphatic carbocycles. The van der Waals surface area contributed by atoms with Crippen molar-refractivity contribution in [2.24, 2.45) is 5.73 Å². The van der Waals surface area contributed by atoms with Crippen LogP contribution in [0.25, 0.3) is 0 Å². The molecule has 2 fully saturated rings. The standard InChI is InChI=1S/C15H21NO/c16-15(10-11-15)14(8-6-13(17)7-9-14)12-4-2-1-3-5-12/h1-5,13,17H,6-11,16H2/t13-,14+. The molecule has 2 nitrogen and oxygen atoms in total. The number of aliphatic hydroxyl groups is 1. The molecular formula is C15H21NO. The van der Waals surface area contributed by atoms with Crippen molar-refractivity contribution in [3.05, 3.63) is 35.9 Å². The third-order valence-corrected chi connectivity index (χ3v) is 4.88. The van der Waals surface area contributed by atoms with Crippen molar-refractivity contribution in [2.75, 3.05) is 0 Å². The minimum Gasteiger partial charge on any atom is -0.393 e. The van der Waals surface area contributed by atoms with E-state index in [1.165, 1.54) is 5.56 Å². The van der Waals surface area contributed by atoms with E-state index in [1.807, 2.05) is 0 Å². The first-order chi connectivity index (χ1) is 8.16. The Hall–Kier alpha value is -0.860. The summed E-state index contributed by atoms with van der Waals surface area (Å²) < 4.78 is 0. The fourth-order valence-corrected chi connectivity index (χ4v) is 3.54. The van der Waals surface area contributed by atoms with Crippen molar-refractivity contribution < 1.29 is 5.11 Å². The molecule has 2 aliphatic rings. The Labute approximate surface area is 103 Å². The lowest BCUT2D eigenvalue weighted by atomic mass is 9.63. The van der Waals surface area contributed by atoms with Gasteiger partial charge in [-0.2, -0.15) is 0 Å². The maximum Gasteiger partial charge on any atom is 0.0541 e. The highest BCUT2D eigenvalue weighted by atomic mass is 16.3. The zero-order chi connectivity index (χ0) is 11.9. The second kappa shape index (κ2) is 3.82. The van der Waals surface area contributed by atoms with E-state index in [0.717, 1.165) is 38.5 Å². The molecule has 0 aromatic heterocycles. The summed E-state index contributed by atoms with van der Waals surface area (Å²) in [6, 6.07) is 10.7. The Balaban J connectivity index is 1.98.